The number of fused-ring (bicyclic) bond motifs is 1. The SMILES string of the molecule is CC(=O)OC/C=C1/CO[C@H]2CCC[C@@H]12. The van der Waals surface area contributed by atoms with E-state index < -0.39 is 0 Å². The van der Waals surface area contributed by atoms with Crippen LogP contribution >= 0.6 is 0 Å². The largest absolute Gasteiger partial charge is 0.462 e. The van der Waals surface area contributed by atoms with Crippen molar-refractivity contribution in [2.24, 2.45) is 5.92 Å². The van der Waals surface area contributed by atoms with Gasteiger partial charge in [0.15, 0.2) is 0 Å². The van der Waals surface area contributed by atoms with E-state index in [0.717, 1.165) is 6.61 Å². The molecule has 1 aliphatic carbocycles. The molecule has 0 aromatic rings. The second kappa shape index (κ2) is 4.13. The highest BCUT2D eigenvalue weighted by molar-refractivity contribution is 5.66. The van der Waals surface area contributed by atoms with Crippen LogP contribution in [0.3, 0.4) is 0 Å². The molecule has 0 radical (unpaired) electrons. The minimum Gasteiger partial charge on any atom is -0.462 e. The topological polar surface area (TPSA) is 35.5 Å². The molecule has 0 unspecified atom stereocenters. The highest BCUT2D eigenvalue weighted by Gasteiger charge is 2.35. The summed E-state index contributed by atoms with van der Waals surface area (Å²) in [4.78, 5) is 10.6. The van der Waals surface area contributed by atoms with Gasteiger partial charge < -0.3 is 9.47 Å². The molecule has 3 nitrogen and oxygen atoms in total. The van der Waals surface area contributed by atoms with E-state index >= 15 is 0 Å². The van der Waals surface area contributed by atoms with E-state index in [2.05, 4.69) is 0 Å². The van der Waals surface area contributed by atoms with Gasteiger partial charge in [-0.15, -0.1) is 0 Å². The summed E-state index contributed by atoms with van der Waals surface area (Å²) in [7, 11) is 0. The van der Waals surface area contributed by atoms with Crippen LogP contribution in [0.4, 0.5) is 0 Å². The van der Waals surface area contributed by atoms with E-state index in [1.165, 1.54) is 31.8 Å². The van der Waals surface area contributed by atoms with Crippen LogP contribution in [-0.4, -0.2) is 25.3 Å². The molecule has 2 rings (SSSR count). The molecule has 3 heteroatoms. The lowest BCUT2D eigenvalue weighted by Gasteiger charge is -2.07. The number of rotatable bonds is 2. The summed E-state index contributed by atoms with van der Waals surface area (Å²) >= 11 is 0. The molecule has 78 valence electrons. The zero-order valence-corrected chi connectivity index (χ0v) is 8.49. The third-order valence-electron chi connectivity index (χ3n) is 3.03. The minimum atomic E-state index is -0.219. The fourth-order valence-electron chi connectivity index (χ4n) is 2.34. The van der Waals surface area contributed by atoms with E-state index in [1.807, 2.05) is 6.08 Å². The number of esters is 1. The third-order valence-corrected chi connectivity index (χ3v) is 3.03. The number of hydrogen-bond donors (Lipinski definition) is 0. The lowest BCUT2D eigenvalue weighted by molar-refractivity contribution is -0.139. The molecule has 0 aromatic heterocycles. The Labute approximate surface area is 84.1 Å². The van der Waals surface area contributed by atoms with E-state index in [4.69, 9.17) is 9.47 Å². The molecule has 0 amide bonds. The van der Waals surface area contributed by atoms with Gasteiger partial charge in [0, 0.05) is 12.8 Å². The Morgan fingerprint density at radius 3 is 3.29 bits per heavy atom. The van der Waals surface area contributed by atoms with Crippen LogP contribution in [0.5, 0.6) is 0 Å². The Balaban J connectivity index is 1.88. The molecule has 0 aromatic carbocycles. The zero-order chi connectivity index (χ0) is 9.97. The Hall–Kier alpha value is -0.830. The molecule has 1 aliphatic heterocycles. The van der Waals surface area contributed by atoms with Crippen molar-refractivity contribution < 1.29 is 14.3 Å². The first-order valence-electron chi connectivity index (χ1n) is 5.21. The van der Waals surface area contributed by atoms with Gasteiger partial charge in [-0.2, -0.15) is 0 Å². The monoisotopic (exact) mass is 196 g/mol. The van der Waals surface area contributed by atoms with Crippen molar-refractivity contribution in [3.63, 3.8) is 0 Å². The Morgan fingerprint density at radius 2 is 2.50 bits per heavy atom. The first-order valence-corrected chi connectivity index (χ1v) is 5.21. The average molecular weight is 196 g/mol. The van der Waals surface area contributed by atoms with Gasteiger partial charge in [0.05, 0.1) is 12.7 Å². The smallest absolute Gasteiger partial charge is 0.302 e. The summed E-state index contributed by atoms with van der Waals surface area (Å²) in [5.41, 5.74) is 1.33. The van der Waals surface area contributed by atoms with Crippen molar-refractivity contribution in [1.29, 1.82) is 0 Å². The molecule has 0 bridgehead atoms. The molecule has 1 saturated heterocycles. The minimum absolute atomic E-state index is 0.219. The highest BCUT2D eigenvalue weighted by Crippen LogP contribution is 2.38. The molecular weight excluding hydrogens is 180 g/mol. The van der Waals surface area contributed by atoms with Crippen LogP contribution in [0.1, 0.15) is 26.2 Å². The number of hydrogen-bond acceptors (Lipinski definition) is 3. The molecule has 1 saturated carbocycles. The predicted molar refractivity (Wildman–Crippen MR) is 51.8 cm³/mol. The normalized spacial score (nSPS) is 33.4. The standard InChI is InChI=1S/C11H16O3/c1-8(12)13-6-5-9-7-14-11-4-2-3-10(9)11/h5,10-11H,2-4,6-7H2,1H3/b9-5-/t10-,11-/m0/s1. The number of ether oxygens (including phenoxy) is 2. The van der Waals surface area contributed by atoms with E-state index in [-0.39, 0.29) is 5.97 Å². The van der Waals surface area contributed by atoms with Gasteiger partial charge in [-0.25, -0.2) is 0 Å². The van der Waals surface area contributed by atoms with Gasteiger partial charge >= 0.3 is 5.97 Å². The number of carbonyl (C=O) groups excluding carboxylic acids is 1. The van der Waals surface area contributed by atoms with Crippen molar-refractivity contribution in [3.8, 4) is 0 Å². The molecule has 2 aliphatic rings. The van der Waals surface area contributed by atoms with Crippen molar-refractivity contribution >= 4 is 5.97 Å². The summed E-state index contributed by atoms with van der Waals surface area (Å²) < 4.78 is 10.5. The molecule has 0 spiro atoms. The van der Waals surface area contributed by atoms with Crippen LogP contribution in [-0.2, 0) is 14.3 Å². The number of carbonyl (C=O) groups is 1. The average Bonchev–Trinajstić information content (AvgIpc) is 2.67. The first kappa shape index (κ1) is 9.71. The fourth-order valence-corrected chi connectivity index (χ4v) is 2.34. The molecule has 2 fully saturated rings. The maximum atomic E-state index is 10.6. The predicted octanol–water partition coefficient (Wildman–Crippen LogP) is 1.67. The molecule has 14 heavy (non-hydrogen) atoms. The third kappa shape index (κ3) is 1.98. The summed E-state index contributed by atoms with van der Waals surface area (Å²) in [5.74, 6) is 0.384. The summed E-state index contributed by atoms with van der Waals surface area (Å²) in [6.45, 7) is 2.57. The Kier molecular flexibility index (Phi) is 2.87. The van der Waals surface area contributed by atoms with E-state index in [1.54, 1.807) is 0 Å². The van der Waals surface area contributed by atoms with Gasteiger partial charge in [-0.1, -0.05) is 6.42 Å². The lowest BCUT2D eigenvalue weighted by atomic mass is 9.99. The van der Waals surface area contributed by atoms with Crippen LogP contribution in [0.2, 0.25) is 0 Å². The van der Waals surface area contributed by atoms with Gasteiger partial charge in [0.1, 0.15) is 6.61 Å². The zero-order valence-electron chi connectivity index (χ0n) is 8.49. The molecule has 0 N–H and O–H groups in total. The second-order valence-electron chi connectivity index (χ2n) is 3.97. The van der Waals surface area contributed by atoms with Crippen molar-refractivity contribution in [2.75, 3.05) is 13.2 Å². The van der Waals surface area contributed by atoms with E-state index in [9.17, 15) is 4.79 Å². The quantitative estimate of drug-likeness (QED) is 0.498. The van der Waals surface area contributed by atoms with Crippen LogP contribution in [0, 0.1) is 5.92 Å². The summed E-state index contributed by atoms with van der Waals surface area (Å²) in [5, 5.41) is 0. The van der Waals surface area contributed by atoms with E-state index in [0.29, 0.717) is 18.6 Å². The molecule has 1 heterocycles. The van der Waals surface area contributed by atoms with Crippen molar-refractivity contribution in [1.82, 2.24) is 0 Å². The Morgan fingerprint density at radius 1 is 1.64 bits per heavy atom. The summed E-state index contributed by atoms with van der Waals surface area (Å²) in [6, 6.07) is 0. The lowest BCUT2D eigenvalue weighted by Crippen LogP contribution is -2.08. The van der Waals surface area contributed by atoms with Crippen molar-refractivity contribution in [2.45, 2.75) is 32.3 Å². The molecule has 2 atom stereocenters. The van der Waals surface area contributed by atoms with Gasteiger partial charge in [0.25, 0.3) is 0 Å². The maximum Gasteiger partial charge on any atom is 0.302 e. The Bertz CT molecular complexity index is 257. The van der Waals surface area contributed by atoms with Crippen LogP contribution < -0.4 is 0 Å². The van der Waals surface area contributed by atoms with Gasteiger partial charge in [0.2, 0.25) is 0 Å². The van der Waals surface area contributed by atoms with Crippen LogP contribution in [0.25, 0.3) is 0 Å². The van der Waals surface area contributed by atoms with Gasteiger partial charge in [-0.3, -0.25) is 4.79 Å². The maximum absolute atomic E-state index is 10.6. The van der Waals surface area contributed by atoms with Crippen molar-refractivity contribution in [3.05, 3.63) is 11.6 Å². The summed E-state index contributed by atoms with van der Waals surface area (Å²) in [6.07, 6.45) is 6.14. The fraction of sp³-hybridized carbons (Fsp3) is 0.727. The van der Waals surface area contributed by atoms with Crippen LogP contribution in [0.15, 0.2) is 11.6 Å². The first-order chi connectivity index (χ1) is 6.77. The van der Waals surface area contributed by atoms with Gasteiger partial charge in [-0.05, 0) is 24.5 Å². The molecular formula is C11H16O3. The highest BCUT2D eigenvalue weighted by atomic mass is 16.5. The second-order valence-corrected chi connectivity index (χ2v) is 3.97.